The zero-order chi connectivity index (χ0) is 26.1. The van der Waals surface area contributed by atoms with E-state index in [1.807, 2.05) is 0 Å². The molecule has 0 aliphatic heterocycles. The van der Waals surface area contributed by atoms with E-state index in [9.17, 15) is 46.3 Å². The minimum Gasteiger partial charge on any atom is -0.477 e. The first-order valence-electron chi connectivity index (χ1n) is 9.65. The summed E-state index contributed by atoms with van der Waals surface area (Å²) in [5, 5.41) is 18.9. The molecule has 3 aromatic rings. The Morgan fingerprint density at radius 2 is 1.60 bits per heavy atom. The molecule has 3 rings (SSSR count). The van der Waals surface area contributed by atoms with Crippen LogP contribution < -0.4 is 0 Å². The smallest absolute Gasteiger partial charge is 0.416 e. The van der Waals surface area contributed by atoms with Crippen molar-refractivity contribution in [2.75, 3.05) is 0 Å². The van der Waals surface area contributed by atoms with Crippen LogP contribution in [0.25, 0.3) is 16.7 Å². The maximum atomic E-state index is 13.2. The van der Waals surface area contributed by atoms with Crippen LogP contribution in [0.4, 0.5) is 26.3 Å². The Kier molecular flexibility index (Phi) is 6.64. The fourth-order valence-electron chi connectivity index (χ4n) is 3.45. The van der Waals surface area contributed by atoms with Gasteiger partial charge in [0, 0.05) is 36.1 Å². The van der Waals surface area contributed by atoms with E-state index in [2.05, 4.69) is 0 Å². The van der Waals surface area contributed by atoms with Gasteiger partial charge >= 0.3 is 24.3 Å². The highest BCUT2D eigenvalue weighted by atomic mass is 19.4. The summed E-state index contributed by atoms with van der Waals surface area (Å²) in [6.45, 7) is 0.493. The Morgan fingerprint density at radius 1 is 1.03 bits per heavy atom. The number of hydrogen-bond donors (Lipinski definition) is 1. The van der Waals surface area contributed by atoms with Crippen molar-refractivity contribution in [3.8, 4) is 6.07 Å². The second-order valence-electron chi connectivity index (χ2n) is 7.32. The first-order valence-corrected chi connectivity index (χ1v) is 9.65. The zero-order valence-electron chi connectivity index (χ0n) is 17.7. The van der Waals surface area contributed by atoms with Gasteiger partial charge in [-0.05, 0) is 29.8 Å². The minimum absolute atomic E-state index is 0.0102. The fourth-order valence-corrected chi connectivity index (χ4v) is 3.45. The molecule has 1 N–H and O–H groups in total. The van der Waals surface area contributed by atoms with Gasteiger partial charge in [0.25, 0.3) is 0 Å². The number of carbonyl (C=O) groups is 2. The molecule has 12 heteroatoms. The van der Waals surface area contributed by atoms with Crippen LogP contribution in [0.3, 0.4) is 0 Å². The van der Waals surface area contributed by atoms with Gasteiger partial charge in [0.15, 0.2) is 11.3 Å². The van der Waals surface area contributed by atoms with E-state index in [1.165, 1.54) is 41.1 Å². The molecule has 0 fully saturated rings. The third kappa shape index (κ3) is 5.46. The molecule has 0 spiro atoms. The lowest BCUT2D eigenvalue weighted by Crippen LogP contribution is -2.12. The molecule has 0 radical (unpaired) electrons. The Labute approximate surface area is 193 Å². The predicted molar refractivity (Wildman–Crippen MR) is 109 cm³/mol. The van der Waals surface area contributed by atoms with Gasteiger partial charge in [-0.2, -0.15) is 31.6 Å². The molecule has 0 unspecified atom stereocenters. The number of rotatable bonds is 5. The summed E-state index contributed by atoms with van der Waals surface area (Å²) < 4.78 is 85.7. The highest BCUT2D eigenvalue weighted by Gasteiger charge is 2.37. The Morgan fingerprint density at radius 3 is 2.09 bits per heavy atom. The molecule has 0 aliphatic rings. The predicted octanol–water partition coefficient (Wildman–Crippen LogP) is 5.61. The van der Waals surface area contributed by atoms with E-state index in [0.29, 0.717) is 12.1 Å². The summed E-state index contributed by atoms with van der Waals surface area (Å²) in [6.07, 6.45) is -8.88. The number of fused-ring (bicyclic) bond motifs is 1. The van der Waals surface area contributed by atoms with E-state index >= 15 is 0 Å². The fraction of sp³-hybridized carbons (Fsp3) is 0.174. The molecule has 0 saturated heterocycles. The monoisotopic (exact) mass is 496 g/mol. The van der Waals surface area contributed by atoms with Gasteiger partial charge in [0.05, 0.1) is 11.1 Å². The highest BCUT2D eigenvalue weighted by Crippen LogP contribution is 2.37. The van der Waals surface area contributed by atoms with Crippen molar-refractivity contribution >= 4 is 28.6 Å². The quantitative estimate of drug-likeness (QED) is 0.163. The van der Waals surface area contributed by atoms with Crippen molar-refractivity contribution < 1.29 is 45.8 Å². The number of ether oxygens (including phenoxy) is 1. The van der Waals surface area contributed by atoms with Crippen LogP contribution in [-0.4, -0.2) is 21.6 Å². The number of nitrogens with zero attached hydrogens (tertiary/aromatic N) is 2. The number of carbonyl (C=O) groups excluding carboxylic acids is 1. The number of benzene rings is 2. The van der Waals surface area contributed by atoms with Gasteiger partial charge in [0.2, 0.25) is 0 Å². The first kappa shape index (κ1) is 25.4. The summed E-state index contributed by atoms with van der Waals surface area (Å²) in [5.41, 5.74) is -4.01. The normalized spacial score (nSPS) is 12.7. The largest absolute Gasteiger partial charge is 0.477 e. The topological polar surface area (TPSA) is 92.3 Å². The van der Waals surface area contributed by atoms with E-state index < -0.39 is 53.3 Å². The molecule has 1 heterocycles. The molecule has 0 saturated carbocycles. The number of aliphatic carboxylic acids is 1. The van der Waals surface area contributed by atoms with Crippen LogP contribution in [0.2, 0.25) is 0 Å². The van der Waals surface area contributed by atoms with Crippen LogP contribution >= 0.6 is 0 Å². The van der Waals surface area contributed by atoms with E-state index in [4.69, 9.17) is 4.74 Å². The van der Waals surface area contributed by atoms with Gasteiger partial charge in [-0.3, -0.25) is 4.79 Å². The van der Waals surface area contributed by atoms with E-state index in [1.54, 1.807) is 0 Å². The molecule has 1 aromatic heterocycles. The third-order valence-corrected chi connectivity index (χ3v) is 4.83. The van der Waals surface area contributed by atoms with Crippen LogP contribution in [0.1, 0.15) is 29.2 Å². The summed E-state index contributed by atoms with van der Waals surface area (Å²) in [5.74, 6) is -3.26. The Hall–Kier alpha value is -4.27. The number of para-hydroxylation sites is 1. The van der Waals surface area contributed by atoms with Gasteiger partial charge in [-0.15, -0.1) is 0 Å². The summed E-state index contributed by atoms with van der Waals surface area (Å²) in [4.78, 5) is 23.1. The number of carboxylic acid groups (broad SMARTS) is 1. The zero-order valence-corrected chi connectivity index (χ0v) is 17.7. The van der Waals surface area contributed by atoms with E-state index in [-0.39, 0.29) is 28.1 Å². The van der Waals surface area contributed by atoms with Crippen molar-refractivity contribution in [2.45, 2.75) is 25.8 Å². The first-order chi connectivity index (χ1) is 16.2. The SMILES string of the molecule is CC(=O)O/C(=C(/C#N)C(=O)O)c1cn(Cc2cc(C(F)(F)F)cc(C(F)(F)F)c2)c2ccccc12. The standard InChI is InChI=1S/C23H14F6N2O4/c1-12(32)35-20(17(9-30)21(33)34)18-11-31(19-5-3-2-4-16(18)19)10-13-6-14(22(24,25)26)8-15(7-13)23(27,28)29/h2-8,11H,10H2,1H3,(H,33,34)/b20-17-. The van der Waals surface area contributed by atoms with E-state index in [0.717, 1.165) is 6.92 Å². The highest BCUT2D eigenvalue weighted by molar-refractivity contribution is 6.04. The van der Waals surface area contributed by atoms with Crippen molar-refractivity contribution in [1.29, 1.82) is 5.26 Å². The van der Waals surface area contributed by atoms with Crippen LogP contribution in [0.5, 0.6) is 0 Å². The maximum absolute atomic E-state index is 13.2. The van der Waals surface area contributed by atoms with Crippen molar-refractivity contribution in [1.82, 2.24) is 4.57 Å². The molecule has 182 valence electrons. The van der Waals surface area contributed by atoms with Crippen molar-refractivity contribution in [3.05, 3.63) is 76.5 Å². The van der Waals surface area contributed by atoms with Gasteiger partial charge < -0.3 is 14.4 Å². The van der Waals surface area contributed by atoms with Crippen LogP contribution in [0, 0.1) is 11.3 Å². The van der Waals surface area contributed by atoms with Gasteiger partial charge in [-0.25, -0.2) is 4.79 Å². The molecule has 0 aliphatic carbocycles. The Balaban J connectivity index is 2.25. The second kappa shape index (κ2) is 9.17. The molecule has 6 nitrogen and oxygen atoms in total. The average molecular weight is 496 g/mol. The minimum atomic E-state index is -5.03. The lowest BCUT2D eigenvalue weighted by atomic mass is 10.0. The van der Waals surface area contributed by atoms with Crippen LogP contribution in [-0.2, 0) is 33.2 Å². The number of hydrogen-bond acceptors (Lipinski definition) is 4. The molecule has 0 amide bonds. The summed E-state index contributed by atoms with van der Waals surface area (Å²) in [7, 11) is 0. The molecule has 2 aromatic carbocycles. The Bertz CT molecular complexity index is 1360. The maximum Gasteiger partial charge on any atom is 0.416 e. The van der Waals surface area contributed by atoms with Crippen molar-refractivity contribution in [3.63, 3.8) is 0 Å². The number of halogens is 6. The number of alkyl halides is 6. The number of aromatic nitrogens is 1. The molecule has 35 heavy (non-hydrogen) atoms. The van der Waals surface area contributed by atoms with Gasteiger partial charge in [0.1, 0.15) is 6.07 Å². The third-order valence-electron chi connectivity index (χ3n) is 4.83. The van der Waals surface area contributed by atoms with Crippen molar-refractivity contribution in [2.24, 2.45) is 0 Å². The average Bonchev–Trinajstić information content (AvgIpc) is 3.10. The summed E-state index contributed by atoms with van der Waals surface area (Å²) in [6, 6.07) is 8.59. The van der Waals surface area contributed by atoms with Gasteiger partial charge in [-0.1, -0.05) is 18.2 Å². The molecule has 0 bridgehead atoms. The summed E-state index contributed by atoms with van der Waals surface area (Å²) >= 11 is 0. The molecule has 0 atom stereocenters. The molecular formula is C23H14F6N2O4. The number of nitriles is 1. The van der Waals surface area contributed by atoms with Crippen LogP contribution in [0.15, 0.2) is 54.2 Å². The lowest BCUT2D eigenvalue weighted by molar-refractivity contribution is -0.143. The second-order valence-corrected chi connectivity index (χ2v) is 7.32. The number of esters is 1. The lowest BCUT2D eigenvalue weighted by Gasteiger charge is -2.15. The molecular weight excluding hydrogens is 482 g/mol. The number of carboxylic acids is 1.